The molecule has 1 nitrogen and oxygen atoms in total. The summed E-state index contributed by atoms with van der Waals surface area (Å²) in [5.41, 5.74) is 3.57. The average Bonchev–Trinajstić information content (AvgIpc) is 2.39. The molecule has 0 amide bonds. The SMILES string of the molecule is Cc1ccc(C(=O)C=Cc2cccc(F)c2)cc1C. The maximum atomic E-state index is 13.0. The first-order valence-electron chi connectivity index (χ1n) is 6.11. The topological polar surface area (TPSA) is 17.1 Å². The molecule has 0 spiro atoms. The number of benzene rings is 2. The Bertz CT molecular complexity index is 641. The second kappa shape index (κ2) is 5.61. The van der Waals surface area contributed by atoms with Crippen molar-refractivity contribution in [3.8, 4) is 0 Å². The minimum atomic E-state index is -0.305. The fraction of sp³-hybridized carbons (Fsp3) is 0.118. The van der Waals surface area contributed by atoms with Crippen molar-refractivity contribution in [1.29, 1.82) is 0 Å². The molecule has 0 saturated carbocycles. The van der Waals surface area contributed by atoms with Gasteiger partial charge in [-0.2, -0.15) is 0 Å². The molecule has 0 N–H and O–H groups in total. The molecule has 0 aliphatic carbocycles. The minimum absolute atomic E-state index is 0.0765. The first-order chi connectivity index (χ1) is 9.06. The number of hydrogen-bond donors (Lipinski definition) is 0. The Balaban J connectivity index is 2.19. The molecule has 0 aromatic heterocycles. The summed E-state index contributed by atoms with van der Waals surface area (Å²) in [4.78, 5) is 12.0. The van der Waals surface area contributed by atoms with Crippen LogP contribution >= 0.6 is 0 Å². The van der Waals surface area contributed by atoms with Crippen molar-refractivity contribution in [3.63, 3.8) is 0 Å². The zero-order valence-electron chi connectivity index (χ0n) is 11.0. The van der Waals surface area contributed by atoms with E-state index in [-0.39, 0.29) is 11.6 Å². The Morgan fingerprint density at radius 1 is 1.05 bits per heavy atom. The lowest BCUT2D eigenvalue weighted by Gasteiger charge is -2.01. The molecule has 0 aliphatic heterocycles. The summed E-state index contributed by atoms with van der Waals surface area (Å²) in [6.45, 7) is 3.98. The third-order valence-corrected chi connectivity index (χ3v) is 3.07. The van der Waals surface area contributed by atoms with Crippen molar-refractivity contribution < 1.29 is 9.18 Å². The highest BCUT2D eigenvalue weighted by atomic mass is 19.1. The predicted molar refractivity (Wildman–Crippen MR) is 75.7 cm³/mol. The lowest BCUT2D eigenvalue weighted by atomic mass is 10.0. The molecule has 0 unspecified atom stereocenters. The van der Waals surface area contributed by atoms with Crippen molar-refractivity contribution in [3.05, 3.63) is 76.6 Å². The quantitative estimate of drug-likeness (QED) is 0.588. The van der Waals surface area contributed by atoms with Gasteiger partial charge in [0.15, 0.2) is 5.78 Å². The van der Waals surface area contributed by atoms with Gasteiger partial charge < -0.3 is 0 Å². The van der Waals surface area contributed by atoms with Gasteiger partial charge in [-0.05, 0) is 54.8 Å². The van der Waals surface area contributed by atoms with E-state index in [9.17, 15) is 9.18 Å². The van der Waals surface area contributed by atoms with Gasteiger partial charge in [-0.3, -0.25) is 4.79 Å². The number of allylic oxidation sites excluding steroid dienone is 1. The van der Waals surface area contributed by atoms with Crippen LogP contribution in [0.3, 0.4) is 0 Å². The Morgan fingerprint density at radius 2 is 1.84 bits per heavy atom. The summed E-state index contributed by atoms with van der Waals surface area (Å²) in [5, 5.41) is 0. The second-order valence-electron chi connectivity index (χ2n) is 4.55. The van der Waals surface area contributed by atoms with Gasteiger partial charge in [-0.1, -0.05) is 30.3 Å². The highest BCUT2D eigenvalue weighted by molar-refractivity contribution is 6.06. The van der Waals surface area contributed by atoms with Crippen molar-refractivity contribution in [2.75, 3.05) is 0 Å². The fourth-order valence-corrected chi connectivity index (χ4v) is 1.77. The first kappa shape index (κ1) is 13.2. The van der Waals surface area contributed by atoms with E-state index in [0.717, 1.165) is 11.1 Å². The van der Waals surface area contributed by atoms with Crippen molar-refractivity contribution in [2.45, 2.75) is 13.8 Å². The van der Waals surface area contributed by atoms with Gasteiger partial charge in [0, 0.05) is 5.56 Å². The van der Waals surface area contributed by atoms with Crippen LogP contribution in [0, 0.1) is 19.7 Å². The number of aryl methyl sites for hydroxylation is 2. The number of ketones is 1. The number of hydrogen-bond acceptors (Lipinski definition) is 1. The van der Waals surface area contributed by atoms with E-state index in [0.29, 0.717) is 11.1 Å². The Labute approximate surface area is 112 Å². The highest BCUT2D eigenvalue weighted by Crippen LogP contribution is 2.12. The van der Waals surface area contributed by atoms with Gasteiger partial charge in [0.1, 0.15) is 5.82 Å². The molecule has 2 aromatic rings. The average molecular weight is 254 g/mol. The summed E-state index contributed by atoms with van der Waals surface area (Å²) in [6.07, 6.45) is 3.10. The van der Waals surface area contributed by atoms with Gasteiger partial charge in [-0.15, -0.1) is 0 Å². The van der Waals surface area contributed by atoms with Gasteiger partial charge in [-0.25, -0.2) is 4.39 Å². The van der Waals surface area contributed by atoms with Crippen LogP contribution in [-0.2, 0) is 0 Å². The molecule has 0 heterocycles. The normalized spacial score (nSPS) is 10.9. The maximum absolute atomic E-state index is 13.0. The molecule has 2 heteroatoms. The van der Waals surface area contributed by atoms with E-state index in [1.807, 2.05) is 26.0 Å². The molecular formula is C17H15FO. The second-order valence-corrected chi connectivity index (χ2v) is 4.55. The van der Waals surface area contributed by atoms with Gasteiger partial charge in [0.25, 0.3) is 0 Å². The monoisotopic (exact) mass is 254 g/mol. The zero-order chi connectivity index (χ0) is 13.8. The highest BCUT2D eigenvalue weighted by Gasteiger charge is 2.03. The summed E-state index contributed by atoms with van der Waals surface area (Å²) >= 11 is 0. The number of carbonyl (C=O) groups excluding carboxylic acids is 1. The molecule has 0 fully saturated rings. The zero-order valence-corrected chi connectivity index (χ0v) is 11.0. The Hall–Kier alpha value is -2.22. The maximum Gasteiger partial charge on any atom is 0.185 e. The third kappa shape index (κ3) is 3.38. The van der Waals surface area contributed by atoms with E-state index < -0.39 is 0 Å². The summed E-state index contributed by atoms with van der Waals surface area (Å²) in [5.74, 6) is -0.381. The van der Waals surface area contributed by atoms with Crippen LogP contribution in [0.5, 0.6) is 0 Å². The molecule has 96 valence electrons. The standard InChI is InChI=1S/C17H15FO/c1-12-6-8-15(10-13(12)2)17(19)9-7-14-4-3-5-16(18)11-14/h3-11H,1-2H3. The minimum Gasteiger partial charge on any atom is -0.289 e. The van der Waals surface area contributed by atoms with Gasteiger partial charge in [0.2, 0.25) is 0 Å². The van der Waals surface area contributed by atoms with Crippen LogP contribution in [0.15, 0.2) is 48.5 Å². The fourth-order valence-electron chi connectivity index (χ4n) is 1.77. The predicted octanol–water partition coefficient (Wildman–Crippen LogP) is 4.34. The third-order valence-electron chi connectivity index (χ3n) is 3.07. The molecule has 0 atom stereocenters. The molecular weight excluding hydrogens is 239 g/mol. The molecule has 2 aromatic carbocycles. The van der Waals surface area contributed by atoms with Crippen molar-refractivity contribution >= 4 is 11.9 Å². The van der Waals surface area contributed by atoms with Gasteiger partial charge >= 0.3 is 0 Å². The number of carbonyl (C=O) groups is 1. The van der Waals surface area contributed by atoms with E-state index >= 15 is 0 Å². The summed E-state index contributed by atoms with van der Waals surface area (Å²) < 4.78 is 13.0. The van der Waals surface area contributed by atoms with Crippen LogP contribution in [0.25, 0.3) is 6.08 Å². The van der Waals surface area contributed by atoms with Crippen molar-refractivity contribution in [1.82, 2.24) is 0 Å². The molecule has 0 saturated heterocycles. The molecule has 19 heavy (non-hydrogen) atoms. The Kier molecular flexibility index (Phi) is 3.91. The summed E-state index contributed by atoms with van der Waals surface area (Å²) in [7, 11) is 0. The molecule has 0 aliphatic rings. The number of halogens is 1. The van der Waals surface area contributed by atoms with Crippen LogP contribution in [-0.4, -0.2) is 5.78 Å². The smallest absolute Gasteiger partial charge is 0.185 e. The first-order valence-corrected chi connectivity index (χ1v) is 6.11. The molecule has 0 radical (unpaired) electrons. The largest absolute Gasteiger partial charge is 0.289 e. The summed E-state index contributed by atoms with van der Waals surface area (Å²) in [6, 6.07) is 11.8. The van der Waals surface area contributed by atoms with Crippen molar-refractivity contribution in [2.24, 2.45) is 0 Å². The van der Waals surface area contributed by atoms with Crippen LogP contribution in [0.2, 0.25) is 0 Å². The van der Waals surface area contributed by atoms with E-state index in [4.69, 9.17) is 0 Å². The Morgan fingerprint density at radius 3 is 2.53 bits per heavy atom. The van der Waals surface area contributed by atoms with E-state index in [1.54, 1.807) is 24.3 Å². The van der Waals surface area contributed by atoms with Crippen LogP contribution in [0.4, 0.5) is 4.39 Å². The van der Waals surface area contributed by atoms with Crippen LogP contribution in [0.1, 0.15) is 27.0 Å². The molecule has 0 bridgehead atoms. The number of rotatable bonds is 3. The van der Waals surface area contributed by atoms with E-state index in [2.05, 4.69) is 0 Å². The van der Waals surface area contributed by atoms with E-state index in [1.165, 1.54) is 18.2 Å². The van der Waals surface area contributed by atoms with Crippen LogP contribution < -0.4 is 0 Å². The molecule has 2 rings (SSSR count). The van der Waals surface area contributed by atoms with Gasteiger partial charge in [0.05, 0.1) is 0 Å². The lowest BCUT2D eigenvalue weighted by Crippen LogP contribution is -1.95. The lowest BCUT2D eigenvalue weighted by molar-refractivity contribution is 0.104.